The SMILES string of the molecule is C[C@H](Cc1ccc(F)cc1)NC(=O)[C@H]1C[C@@H]1C(=O)O. The molecule has 1 aromatic carbocycles. The number of nitrogens with one attached hydrogen (secondary N) is 1. The minimum Gasteiger partial charge on any atom is -0.481 e. The molecule has 0 bridgehead atoms. The molecule has 3 atom stereocenters. The van der Waals surface area contributed by atoms with Gasteiger partial charge in [-0.1, -0.05) is 12.1 Å². The molecule has 5 heteroatoms. The number of carboxylic acid groups (broad SMARTS) is 1. The van der Waals surface area contributed by atoms with Crippen molar-refractivity contribution in [1.82, 2.24) is 5.32 Å². The molecular weight excluding hydrogens is 249 g/mol. The fourth-order valence-electron chi connectivity index (χ4n) is 2.13. The Kier molecular flexibility index (Phi) is 3.83. The van der Waals surface area contributed by atoms with E-state index in [2.05, 4.69) is 5.32 Å². The van der Waals surface area contributed by atoms with Crippen LogP contribution in [0.3, 0.4) is 0 Å². The van der Waals surface area contributed by atoms with Crippen molar-refractivity contribution in [2.45, 2.75) is 25.8 Å². The Hall–Kier alpha value is -1.91. The van der Waals surface area contributed by atoms with E-state index in [1.165, 1.54) is 12.1 Å². The van der Waals surface area contributed by atoms with E-state index in [4.69, 9.17) is 5.11 Å². The number of carbonyl (C=O) groups excluding carboxylic acids is 1. The lowest BCUT2D eigenvalue weighted by molar-refractivity contribution is -0.140. The molecule has 0 radical (unpaired) electrons. The molecule has 1 amide bonds. The molecule has 4 nitrogen and oxygen atoms in total. The molecule has 0 aliphatic heterocycles. The maximum atomic E-state index is 12.7. The summed E-state index contributed by atoms with van der Waals surface area (Å²) in [5, 5.41) is 11.5. The van der Waals surface area contributed by atoms with Crippen LogP contribution in [0.2, 0.25) is 0 Å². The summed E-state index contributed by atoms with van der Waals surface area (Å²) >= 11 is 0. The molecule has 2 N–H and O–H groups in total. The largest absolute Gasteiger partial charge is 0.481 e. The highest BCUT2D eigenvalue weighted by Gasteiger charge is 2.48. The van der Waals surface area contributed by atoms with Gasteiger partial charge in [0.2, 0.25) is 5.91 Å². The molecule has 19 heavy (non-hydrogen) atoms. The quantitative estimate of drug-likeness (QED) is 0.849. The van der Waals surface area contributed by atoms with E-state index >= 15 is 0 Å². The average Bonchev–Trinajstić information content (AvgIpc) is 3.12. The lowest BCUT2D eigenvalue weighted by Gasteiger charge is -2.13. The Bertz CT molecular complexity index is 486. The summed E-state index contributed by atoms with van der Waals surface area (Å²) in [5.41, 5.74) is 0.930. The monoisotopic (exact) mass is 265 g/mol. The summed E-state index contributed by atoms with van der Waals surface area (Å²) in [6.45, 7) is 1.85. The number of halogens is 1. The van der Waals surface area contributed by atoms with Gasteiger partial charge in [-0.25, -0.2) is 4.39 Å². The van der Waals surface area contributed by atoms with Gasteiger partial charge >= 0.3 is 5.97 Å². The summed E-state index contributed by atoms with van der Waals surface area (Å²) in [7, 11) is 0. The maximum absolute atomic E-state index is 12.7. The Morgan fingerprint density at radius 3 is 2.53 bits per heavy atom. The van der Waals surface area contributed by atoms with Crippen LogP contribution < -0.4 is 5.32 Å². The summed E-state index contributed by atoms with van der Waals surface area (Å²) in [5.74, 6) is -2.33. The second kappa shape index (κ2) is 5.38. The van der Waals surface area contributed by atoms with Crippen LogP contribution in [0.1, 0.15) is 18.9 Å². The molecule has 0 saturated heterocycles. The van der Waals surface area contributed by atoms with Crippen LogP contribution in [-0.2, 0) is 16.0 Å². The van der Waals surface area contributed by atoms with Gasteiger partial charge in [0.25, 0.3) is 0 Å². The summed E-state index contributed by atoms with van der Waals surface area (Å²) < 4.78 is 12.7. The summed E-state index contributed by atoms with van der Waals surface area (Å²) in [4.78, 5) is 22.4. The highest BCUT2D eigenvalue weighted by atomic mass is 19.1. The number of carboxylic acids is 1. The Balaban J connectivity index is 1.81. The van der Waals surface area contributed by atoms with Crippen LogP contribution in [0.4, 0.5) is 4.39 Å². The Morgan fingerprint density at radius 2 is 2.00 bits per heavy atom. The zero-order valence-electron chi connectivity index (χ0n) is 10.6. The van der Waals surface area contributed by atoms with Gasteiger partial charge in [-0.15, -0.1) is 0 Å². The van der Waals surface area contributed by atoms with E-state index in [9.17, 15) is 14.0 Å². The second-order valence-corrected chi connectivity index (χ2v) is 5.03. The van der Waals surface area contributed by atoms with Crippen molar-refractivity contribution in [2.75, 3.05) is 0 Å². The minimum atomic E-state index is -0.911. The van der Waals surface area contributed by atoms with Crippen LogP contribution in [0.25, 0.3) is 0 Å². The third-order valence-electron chi connectivity index (χ3n) is 3.29. The molecule has 1 aliphatic rings. The van der Waals surface area contributed by atoms with E-state index in [0.29, 0.717) is 12.8 Å². The fourth-order valence-corrected chi connectivity index (χ4v) is 2.13. The third-order valence-corrected chi connectivity index (χ3v) is 3.29. The van der Waals surface area contributed by atoms with Crippen molar-refractivity contribution in [3.8, 4) is 0 Å². The lowest BCUT2D eigenvalue weighted by Crippen LogP contribution is -2.35. The first-order chi connectivity index (χ1) is 8.97. The van der Waals surface area contributed by atoms with Crippen LogP contribution in [0.15, 0.2) is 24.3 Å². The molecule has 1 fully saturated rings. The van der Waals surface area contributed by atoms with Crippen LogP contribution in [-0.4, -0.2) is 23.0 Å². The van der Waals surface area contributed by atoms with E-state index in [1.807, 2.05) is 6.92 Å². The van der Waals surface area contributed by atoms with Crippen molar-refractivity contribution < 1.29 is 19.1 Å². The Labute approximate surface area is 110 Å². The van der Waals surface area contributed by atoms with Crippen molar-refractivity contribution in [3.05, 3.63) is 35.6 Å². The highest BCUT2D eigenvalue weighted by molar-refractivity contribution is 5.89. The summed E-state index contributed by atoms with van der Waals surface area (Å²) in [6.07, 6.45) is 1.01. The lowest BCUT2D eigenvalue weighted by atomic mass is 10.1. The number of hydrogen-bond donors (Lipinski definition) is 2. The fraction of sp³-hybridized carbons (Fsp3) is 0.429. The number of rotatable bonds is 5. The molecule has 0 heterocycles. The number of benzene rings is 1. The molecule has 2 rings (SSSR count). The Morgan fingerprint density at radius 1 is 1.37 bits per heavy atom. The number of aliphatic carboxylic acids is 1. The minimum absolute atomic E-state index is 0.104. The first-order valence-corrected chi connectivity index (χ1v) is 6.25. The molecule has 102 valence electrons. The maximum Gasteiger partial charge on any atom is 0.307 e. The predicted molar refractivity (Wildman–Crippen MR) is 66.9 cm³/mol. The molecule has 1 saturated carbocycles. The van der Waals surface area contributed by atoms with Crippen molar-refractivity contribution in [3.63, 3.8) is 0 Å². The highest BCUT2D eigenvalue weighted by Crippen LogP contribution is 2.38. The smallest absolute Gasteiger partial charge is 0.307 e. The number of amides is 1. The second-order valence-electron chi connectivity index (χ2n) is 5.03. The molecule has 0 spiro atoms. The van der Waals surface area contributed by atoms with Gasteiger partial charge in [0.15, 0.2) is 0 Å². The topological polar surface area (TPSA) is 66.4 Å². The normalized spacial score (nSPS) is 22.6. The molecule has 0 unspecified atom stereocenters. The number of carbonyl (C=O) groups is 2. The average molecular weight is 265 g/mol. The van der Waals surface area contributed by atoms with Gasteiger partial charge in [0.1, 0.15) is 5.82 Å². The number of hydrogen-bond acceptors (Lipinski definition) is 2. The van der Waals surface area contributed by atoms with Gasteiger partial charge in [-0.2, -0.15) is 0 Å². The van der Waals surface area contributed by atoms with Crippen molar-refractivity contribution in [2.24, 2.45) is 11.8 Å². The first kappa shape index (κ1) is 13.5. The molecule has 1 aliphatic carbocycles. The molecule has 1 aromatic rings. The van der Waals surface area contributed by atoms with Crippen LogP contribution in [0, 0.1) is 17.7 Å². The summed E-state index contributed by atoms with van der Waals surface area (Å²) in [6, 6.07) is 6.01. The van der Waals surface area contributed by atoms with Gasteiger partial charge in [-0.05, 0) is 37.5 Å². The molecule has 0 aromatic heterocycles. The molecular formula is C14H16FNO3. The van der Waals surface area contributed by atoms with Crippen molar-refractivity contribution in [1.29, 1.82) is 0 Å². The van der Waals surface area contributed by atoms with E-state index < -0.39 is 17.8 Å². The van der Waals surface area contributed by atoms with Crippen LogP contribution >= 0.6 is 0 Å². The van der Waals surface area contributed by atoms with E-state index in [1.54, 1.807) is 12.1 Å². The van der Waals surface area contributed by atoms with Gasteiger partial charge in [-0.3, -0.25) is 9.59 Å². The zero-order valence-corrected chi connectivity index (χ0v) is 10.6. The van der Waals surface area contributed by atoms with E-state index in [-0.39, 0.29) is 17.8 Å². The van der Waals surface area contributed by atoms with Crippen LogP contribution in [0.5, 0.6) is 0 Å². The predicted octanol–water partition coefficient (Wildman–Crippen LogP) is 1.59. The van der Waals surface area contributed by atoms with Crippen molar-refractivity contribution >= 4 is 11.9 Å². The van der Waals surface area contributed by atoms with Gasteiger partial charge in [0.05, 0.1) is 11.8 Å². The van der Waals surface area contributed by atoms with Gasteiger partial charge in [0, 0.05) is 6.04 Å². The zero-order chi connectivity index (χ0) is 14.0. The van der Waals surface area contributed by atoms with Gasteiger partial charge < -0.3 is 10.4 Å². The standard InChI is InChI=1S/C14H16FNO3/c1-8(6-9-2-4-10(15)5-3-9)16-13(17)11-7-12(11)14(18)19/h2-5,8,11-12H,6-7H2,1H3,(H,16,17)(H,18,19)/t8-,11+,12+/m1/s1. The third kappa shape index (κ3) is 3.53. The van der Waals surface area contributed by atoms with E-state index in [0.717, 1.165) is 5.56 Å². The first-order valence-electron chi connectivity index (χ1n) is 6.25.